The van der Waals surface area contributed by atoms with Gasteiger partial charge in [-0.25, -0.2) is 0 Å². The molecule has 3 fully saturated rings. The molecule has 0 bridgehead atoms. The van der Waals surface area contributed by atoms with E-state index in [2.05, 4.69) is 0 Å². The standard InChI is InChI=1S/C12H20N2O5S/c15-11(16)9-2-1-5-13(6-9)20(18,19)14-7-12(17,8-14)10-3-4-10/h9-10,17H,1-8H2,(H,15,16). The molecule has 20 heavy (non-hydrogen) atoms. The van der Waals surface area contributed by atoms with Crippen LogP contribution >= 0.6 is 0 Å². The highest BCUT2D eigenvalue weighted by atomic mass is 32.2. The third-order valence-corrected chi connectivity index (χ3v) is 6.52. The maximum absolute atomic E-state index is 12.4. The van der Waals surface area contributed by atoms with E-state index in [4.69, 9.17) is 5.11 Å². The summed E-state index contributed by atoms with van der Waals surface area (Å²) >= 11 is 0. The molecule has 7 nitrogen and oxygen atoms in total. The topological polar surface area (TPSA) is 98.2 Å². The first-order valence-electron chi connectivity index (χ1n) is 7.03. The molecule has 1 aliphatic carbocycles. The van der Waals surface area contributed by atoms with E-state index in [-0.39, 0.29) is 25.6 Å². The van der Waals surface area contributed by atoms with E-state index in [0.717, 1.165) is 12.8 Å². The number of β-amino-alcohol motifs (C(OH)–C–C–N with tert-alkyl or cyclic N) is 1. The molecular formula is C12H20N2O5S. The Balaban J connectivity index is 1.65. The highest BCUT2D eigenvalue weighted by Crippen LogP contribution is 2.45. The second kappa shape index (κ2) is 4.66. The van der Waals surface area contributed by atoms with E-state index in [1.54, 1.807) is 0 Å². The minimum atomic E-state index is -3.63. The first-order chi connectivity index (χ1) is 9.33. The third kappa shape index (κ3) is 2.34. The molecular weight excluding hydrogens is 284 g/mol. The molecule has 0 radical (unpaired) electrons. The van der Waals surface area contributed by atoms with Crippen molar-refractivity contribution in [3.8, 4) is 0 Å². The van der Waals surface area contributed by atoms with Gasteiger partial charge in [0, 0.05) is 26.2 Å². The second-order valence-corrected chi connectivity index (χ2v) is 8.12. The number of aliphatic hydroxyl groups is 1. The molecule has 0 aromatic heterocycles. The predicted octanol–water partition coefficient (Wildman–Crippen LogP) is -0.515. The Morgan fingerprint density at radius 3 is 2.35 bits per heavy atom. The normalized spacial score (nSPS) is 31.8. The van der Waals surface area contributed by atoms with Crippen LogP contribution in [0.3, 0.4) is 0 Å². The lowest BCUT2D eigenvalue weighted by molar-refractivity contribution is -0.143. The SMILES string of the molecule is O=C(O)C1CCCN(S(=O)(=O)N2CC(O)(C3CC3)C2)C1. The van der Waals surface area contributed by atoms with Gasteiger partial charge >= 0.3 is 5.97 Å². The lowest BCUT2D eigenvalue weighted by atomic mass is 9.91. The quantitative estimate of drug-likeness (QED) is 0.728. The summed E-state index contributed by atoms with van der Waals surface area (Å²) in [5, 5.41) is 19.2. The summed E-state index contributed by atoms with van der Waals surface area (Å²) < 4.78 is 27.4. The molecule has 2 N–H and O–H groups in total. The Morgan fingerprint density at radius 2 is 1.80 bits per heavy atom. The monoisotopic (exact) mass is 304 g/mol. The van der Waals surface area contributed by atoms with Gasteiger partial charge in [-0.05, 0) is 31.6 Å². The van der Waals surface area contributed by atoms with Crippen LogP contribution in [0.25, 0.3) is 0 Å². The van der Waals surface area contributed by atoms with Crippen LogP contribution in [0.2, 0.25) is 0 Å². The number of carboxylic acids is 1. The summed E-state index contributed by atoms with van der Waals surface area (Å²) in [4.78, 5) is 11.0. The largest absolute Gasteiger partial charge is 0.481 e. The number of piperidine rings is 1. The van der Waals surface area contributed by atoms with Crippen molar-refractivity contribution < 1.29 is 23.4 Å². The summed E-state index contributed by atoms with van der Waals surface area (Å²) in [6.07, 6.45) is 3.02. The smallest absolute Gasteiger partial charge is 0.307 e. The van der Waals surface area contributed by atoms with E-state index in [1.165, 1.54) is 8.61 Å². The zero-order valence-electron chi connectivity index (χ0n) is 11.2. The molecule has 0 aromatic carbocycles. The molecule has 0 aromatic rings. The van der Waals surface area contributed by atoms with E-state index in [1.807, 2.05) is 0 Å². The van der Waals surface area contributed by atoms with Crippen LogP contribution < -0.4 is 0 Å². The Labute approximate surface area is 118 Å². The lowest BCUT2D eigenvalue weighted by Gasteiger charge is -2.47. The van der Waals surface area contributed by atoms with Crippen LogP contribution in [0, 0.1) is 11.8 Å². The van der Waals surface area contributed by atoms with E-state index in [9.17, 15) is 18.3 Å². The molecule has 8 heteroatoms. The van der Waals surface area contributed by atoms with Gasteiger partial charge in [0.2, 0.25) is 0 Å². The highest BCUT2D eigenvalue weighted by Gasteiger charge is 2.56. The maximum Gasteiger partial charge on any atom is 0.307 e. The van der Waals surface area contributed by atoms with Crippen molar-refractivity contribution in [1.82, 2.24) is 8.61 Å². The molecule has 3 aliphatic rings. The average Bonchev–Trinajstić information content (AvgIpc) is 3.19. The van der Waals surface area contributed by atoms with Crippen LogP contribution in [0.1, 0.15) is 25.7 Å². The molecule has 2 saturated heterocycles. The van der Waals surface area contributed by atoms with E-state index in [0.29, 0.717) is 19.4 Å². The van der Waals surface area contributed by atoms with E-state index >= 15 is 0 Å². The first kappa shape index (κ1) is 14.2. The van der Waals surface area contributed by atoms with Crippen LogP contribution in [-0.4, -0.2) is 65.0 Å². The number of hydrogen-bond donors (Lipinski definition) is 2. The Bertz CT molecular complexity index is 510. The molecule has 2 aliphatic heterocycles. The summed E-state index contributed by atoms with van der Waals surface area (Å²) in [6, 6.07) is 0. The average molecular weight is 304 g/mol. The van der Waals surface area contributed by atoms with Crippen molar-refractivity contribution in [2.45, 2.75) is 31.3 Å². The third-order valence-electron chi connectivity index (χ3n) is 4.62. The minimum absolute atomic E-state index is 0.0377. The van der Waals surface area contributed by atoms with Gasteiger partial charge in [0.15, 0.2) is 0 Å². The van der Waals surface area contributed by atoms with Crippen LogP contribution in [0.5, 0.6) is 0 Å². The van der Waals surface area contributed by atoms with Gasteiger partial charge < -0.3 is 10.2 Å². The number of carbonyl (C=O) groups is 1. The fourth-order valence-corrected chi connectivity index (χ4v) is 4.95. The fourth-order valence-electron chi connectivity index (χ4n) is 3.12. The molecule has 2 heterocycles. The molecule has 1 saturated carbocycles. The van der Waals surface area contributed by atoms with Gasteiger partial charge in [0.1, 0.15) is 0 Å². The van der Waals surface area contributed by atoms with Crippen molar-refractivity contribution in [2.24, 2.45) is 11.8 Å². The second-order valence-electron chi connectivity index (χ2n) is 6.19. The van der Waals surface area contributed by atoms with Gasteiger partial charge in [-0.15, -0.1) is 0 Å². The summed E-state index contributed by atoms with van der Waals surface area (Å²) in [5.74, 6) is -1.33. The number of nitrogens with zero attached hydrogens (tertiary/aromatic N) is 2. The maximum atomic E-state index is 12.4. The molecule has 3 rings (SSSR count). The van der Waals surface area contributed by atoms with Crippen LogP contribution in [-0.2, 0) is 15.0 Å². The van der Waals surface area contributed by atoms with Crippen molar-refractivity contribution in [2.75, 3.05) is 26.2 Å². The predicted molar refractivity (Wildman–Crippen MR) is 70.1 cm³/mol. The van der Waals surface area contributed by atoms with Gasteiger partial charge in [0.05, 0.1) is 11.5 Å². The van der Waals surface area contributed by atoms with Crippen molar-refractivity contribution >= 4 is 16.2 Å². The summed E-state index contributed by atoms with van der Waals surface area (Å²) in [6.45, 7) is 0.697. The lowest BCUT2D eigenvalue weighted by Crippen LogP contribution is -2.67. The Hall–Kier alpha value is -0.700. The highest BCUT2D eigenvalue weighted by molar-refractivity contribution is 7.86. The number of aliphatic carboxylic acids is 1. The van der Waals surface area contributed by atoms with Gasteiger partial charge in [-0.2, -0.15) is 17.0 Å². The van der Waals surface area contributed by atoms with Crippen molar-refractivity contribution in [3.05, 3.63) is 0 Å². The number of rotatable bonds is 4. The molecule has 114 valence electrons. The van der Waals surface area contributed by atoms with Crippen LogP contribution in [0.4, 0.5) is 0 Å². The zero-order valence-corrected chi connectivity index (χ0v) is 12.0. The number of hydrogen-bond acceptors (Lipinski definition) is 4. The Morgan fingerprint density at radius 1 is 1.15 bits per heavy atom. The minimum Gasteiger partial charge on any atom is -0.481 e. The van der Waals surface area contributed by atoms with Gasteiger partial charge in [-0.1, -0.05) is 0 Å². The number of carboxylic acid groups (broad SMARTS) is 1. The summed E-state index contributed by atoms with van der Waals surface area (Å²) in [5.41, 5.74) is -0.852. The molecule has 1 unspecified atom stereocenters. The Kier molecular flexibility index (Phi) is 3.32. The molecule has 1 atom stereocenters. The van der Waals surface area contributed by atoms with Crippen molar-refractivity contribution in [3.63, 3.8) is 0 Å². The summed E-state index contributed by atoms with van der Waals surface area (Å²) in [7, 11) is -3.63. The van der Waals surface area contributed by atoms with Gasteiger partial charge in [0.25, 0.3) is 10.2 Å². The van der Waals surface area contributed by atoms with E-state index < -0.39 is 27.7 Å². The van der Waals surface area contributed by atoms with Crippen LogP contribution in [0.15, 0.2) is 0 Å². The fraction of sp³-hybridized carbons (Fsp3) is 0.917. The molecule has 0 amide bonds. The van der Waals surface area contributed by atoms with Crippen molar-refractivity contribution in [1.29, 1.82) is 0 Å². The zero-order chi connectivity index (χ0) is 14.5. The molecule has 0 spiro atoms. The first-order valence-corrected chi connectivity index (χ1v) is 8.43. The van der Waals surface area contributed by atoms with Gasteiger partial charge in [-0.3, -0.25) is 4.79 Å².